The summed E-state index contributed by atoms with van der Waals surface area (Å²) in [6, 6.07) is 11.0. The molecule has 0 aliphatic rings. The largest absolute Gasteiger partial charge is 0.198 e. The summed E-state index contributed by atoms with van der Waals surface area (Å²) < 4.78 is 0. The van der Waals surface area contributed by atoms with Crippen molar-refractivity contribution >= 4 is 11.8 Å². The summed E-state index contributed by atoms with van der Waals surface area (Å²) in [4.78, 5) is 1.27. The van der Waals surface area contributed by atoms with Crippen molar-refractivity contribution in [1.82, 2.24) is 0 Å². The van der Waals surface area contributed by atoms with Crippen molar-refractivity contribution in [1.29, 1.82) is 5.26 Å². The number of nitrogens with zero attached hydrogens (tertiary/aromatic N) is 1. The highest BCUT2D eigenvalue weighted by Crippen LogP contribution is 2.28. The van der Waals surface area contributed by atoms with E-state index in [-0.39, 0.29) is 0 Å². The lowest BCUT2D eigenvalue weighted by molar-refractivity contribution is 0.841. The summed E-state index contributed by atoms with van der Waals surface area (Å²) in [6.45, 7) is 6.54. The number of nitriles is 1. The van der Waals surface area contributed by atoms with Crippen molar-refractivity contribution in [3.05, 3.63) is 29.8 Å². The van der Waals surface area contributed by atoms with Gasteiger partial charge in [0.1, 0.15) is 0 Å². The van der Waals surface area contributed by atoms with Gasteiger partial charge in [0, 0.05) is 16.6 Å². The van der Waals surface area contributed by atoms with Crippen molar-refractivity contribution in [2.24, 2.45) is 0 Å². The average Bonchev–Trinajstić information content (AvgIpc) is 2.29. The second-order valence-electron chi connectivity index (χ2n) is 4.23. The van der Waals surface area contributed by atoms with Crippen molar-refractivity contribution in [2.75, 3.05) is 0 Å². The third kappa shape index (κ3) is 3.90. The second-order valence-corrected chi connectivity index (χ2v) is 5.61. The van der Waals surface area contributed by atoms with Crippen LogP contribution < -0.4 is 0 Å². The Balaban J connectivity index is 2.64. The van der Waals surface area contributed by atoms with Gasteiger partial charge in [0.25, 0.3) is 0 Å². The zero-order valence-corrected chi connectivity index (χ0v) is 11.1. The van der Waals surface area contributed by atoms with E-state index in [1.54, 1.807) is 0 Å². The Hall–Kier alpha value is -0.940. The summed E-state index contributed by atoms with van der Waals surface area (Å²) >= 11 is 1.81. The van der Waals surface area contributed by atoms with E-state index in [1.165, 1.54) is 10.5 Å². The molecule has 0 fully saturated rings. The van der Waals surface area contributed by atoms with Crippen LogP contribution in [-0.2, 0) is 0 Å². The van der Waals surface area contributed by atoms with Gasteiger partial charge in [-0.05, 0) is 30.0 Å². The molecule has 0 radical (unpaired) electrons. The molecule has 0 saturated carbocycles. The quantitative estimate of drug-likeness (QED) is 0.694. The van der Waals surface area contributed by atoms with Gasteiger partial charge in [0.15, 0.2) is 0 Å². The Morgan fingerprint density at radius 3 is 2.31 bits per heavy atom. The van der Waals surface area contributed by atoms with Gasteiger partial charge in [-0.25, -0.2) is 0 Å². The molecule has 0 spiro atoms. The molecular formula is C14H19NS. The highest BCUT2D eigenvalue weighted by atomic mass is 32.2. The second kappa shape index (κ2) is 6.60. The van der Waals surface area contributed by atoms with Gasteiger partial charge in [-0.15, -0.1) is 11.8 Å². The highest BCUT2D eigenvalue weighted by Gasteiger charge is 2.07. The molecule has 1 rings (SSSR count). The lowest BCUT2D eigenvalue weighted by Gasteiger charge is -2.11. The molecule has 1 unspecified atom stereocenters. The standard InChI is InChI=1S/C14H19NS/c1-4-13(9-10-15)16-14-7-5-12(6-8-14)11(2)3/h5-8,11,13H,4,9H2,1-3H3. The molecule has 0 aliphatic heterocycles. The first-order valence-electron chi connectivity index (χ1n) is 5.81. The Kier molecular flexibility index (Phi) is 5.42. The van der Waals surface area contributed by atoms with Crippen LogP contribution in [0.25, 0.3) is 0 Å². The van der Waals surface area contributed by atoms with Gasteiger partial charge in [0.05, 0.1) is 6.07 Å². The summed E-state index contributed by atoms with van der Waals surface area (Å²) in [5, 5.41) is 9.13. The van der Waals surface area contributed by atoms with Crippen LogP contribution in [0, 0.1) is 11.3 Å². The maximum absolute atomic E-state index is 8.70. The van der Waals surface area contributed by atoms with Gasteiger partial charge in [-0.1, -0.05) is 32.9 Å². The first-order valence-corrected chi connectivity index (χ1v) is 6.68. The zero-order valence-electron chi connectivity index (χ0n) is 10.2. The Morgan fingerprint density at radius 1 is 1.25 bits per heavy atom. The van der Waals surface area contributed by atoms with Crippen LogP contribution in [0.15, 0.2) is 29.2 Å². The topological polar surface area (TPSA) is 23.8 Å². The molecule has 2 heteroatoms. The minimum absolute atomic E-state index is 0.426. The molecule has 1 aromatic carbocycles. The van der Waals surface area contributed by atoms with E-state index >= 15 is 0 Å². The molecule has 0 bridgehead atoms. The molecule has 0 aliphatic carbocycles. The summed E-state index contributed by atoms with van der Waals surface area (Å²) in [7, 11) is 0. The molecule has 1 nitrogen and oxygen atoms in total. The van der Waals surface area contributed by atoms with Crippen LogP contribution in [0.5, 0.6) is 0 Å². The number of hydrogen-bond acceptors (Lipinski definition) is 2. The SMILES string of the molecule is CCC(CC#N)Sc1ccc(C(C)C)cc1. The normalized spacial score (nSPS) is 12.4. The van der Waals surface area contributed by atoms with E-state index in [0.717, 1.165) is 6.42 Å². The monoisotopic (exact) mass is 233 g/mol. The predicted molar refractivity (Wildman–Crippen MR) is 70.7 cm³/mol. The molecule has 86 valence electrons. The fraction of sp³-hybridized carbons (Fsp3) is 0.500. The first-order chi connectivity index (χ1) is 7.67. The maximum atomic E-state index is 8.70. The van der Waals surface area contributed by atoms with Crippen LogP contribution in [0.2, 0.25) is 0 Å². The van der Waals surface area contributed by atoms with Crippen molar-refractivity contribution < 1.29 is 0 Å². The van der Waals surface area contributed by atoms with E-state index in [1.807, 2.05) is 11.8 Å². The molecule has 0 amide bonds. The third-order valence-corrected chi connectivity index (χ3v) is 4.00. The smallest absolute Gasteiger partial charge is 0.0633 e. The van der Waals surface area contributed by atoms with E-state index in [4.69, 9.17) is 5.26 Å². The number of rotatable bonds is 5. The Labute approximate surface area is 103 Å². The lowest BCUT2D eigenvalue weighted by atomic mass is 10.0. The first kappa shape index (κ1) is 13.1. The van der Waals surface area contributed by atoms with Gasteiger partial charge in [0.2, 0.25) is 0 Å². The third-order valence-electron chi connectivity index (χ3n) is 2.62. The summed E-state index contributed by atoms with van der Waals surface area (Å²) in [5.74, 6) is 0.583. The number of thioether (sulfide) groups is 1. The van der Waals surface area contributed by atoms with Crippen molar-refractivity contribution in [3.63, 3.8) is 0 Å². The Bertz CT molecular complexity index is 348. The van der Waals surface area contributed by atoms with Gasteiger partial charge in [-0.2, -0.15) is 5.26 Å². The molecule has 0 saturated heterocycles. The van der Waals surface area contributed by atoms with Gasteiger partial charge in [-0.3, -0.25) is 0 Å². The molecule has 0 heterocycles. The summed E-state index contributed by atoms with van der Waals surface area (Å²) in [6.07, 6.45) is 1.68. The maximum Gasteiger partial charge on any atom is 0.0633 e. The van der Waals surface area contributed by atoms with Crippen LogP contribution in [0.3, 0.4) is 0 Å². The lowest BCUT2D eigenvalue weighted by Crippen LogP contribution is -1.98. The number of benzene rings is 1. The predicted octanol–water partition coefficient (Wildman–Crippen LogP) is 4.59. The van der Waals surface area contributed by atoms with Crippen LogP contribution >= 0.6 is 11.8 Å². The Morgan fingerprint density at radius 2 is 1.88 bits per heavy atom. The van der Waals surface area contributed by atoms with Crippen LogP contribution in [0.4, 0.5) is 0 Å². The zero-order chi connectivity index (χ0) is 12.0. The minimum Gasteiger partial charge on any atom is -0.198 e. The molecular weight excluding hydrogens is 214 g/mol. The molecule has 0 N–H and O–H groups in total. The molecule has 16 heavy (non-hydrogen) atoms. The van der Waals surface area contributed by atoms with E-state index in [2.05, 4.69) is 51.1 Å². The van der Waals surface area contributed by atoms with E-state index in [9.17, 15) is 0 Å². The van der Waals surface area contributed by atoms with Gasteiger partial charge >= 0.3 is 0 Å². The highest BCUT2D eigenvalue weighted by molar-refractivity contribution is 8.00. The van der Waals surface area contributed by atoms with Crippen molar-refractivity contribution in [2.45, 2.75) is 49.7 Å². The van der Waals surface area contributed by atoms with Crippen LogP contribution in [0.1, 0.15) is 45.1 Å². The van der Waals surface area contributed by atoms with Gasteiger partial charge < -0.3 is 0 Å². The number of hydrogen-bond donors (Lipinski definition) is 0. The molecule has 1 atom stereocenters. The van der Waals surface area contributed by atoms with Crippen LogP contribution in [-0.4, -0.2) is 5.25 Å². The fourth-order valence-corrected chi connectivity index (χ4v) is 2.50. The van der Waals surface area contributed by atoms with E-state index < -0.39 is 0 Å². The molecule has 1 aromatic rings. The van der Waals surface area contributed by atoms with Crippen molar-refractivity contribution in [3.8, 4) is 6.07 Å². The molecule has 0 aromatic heterocycles. The average molecular weight is 233 g/mol. The summed E-state index contributed by atoms with van der Waals surface area (Å²) in [5.41, 5.74) is 1.37. The fourth-order valence-electron chi connectivity index (χ4n) is 1.49. The van der Waals surface area contributed by atoms with E-state index in [0.29, 0.717) is 17.6 Å². The minimum atomic E-state index is 0.426.